The van der Waals surface area contributed by atoms with Crippen molar-refractivity contribution in [2.24, 2.45) is 0 Å². The van der Waals surface area contributed by atoms with Gasteiger partial charge < -0.3 is 15.1 Å². The molecule has 1 aromatic carbocycles. The van der Waals surface area contributed by atoms with Gasteiger partial charge in [-0.05, 0) is 37.0 Å². The third-order valence-corrected chi connectivity index (χ3v) is 6.57. The molecule has 0 unspecified atom stereocenters. The largest absolute Gasteiger partial charge is 0.353 e. The number of amides is 2. The highest BCUT2D eigenvalue weighted by Gasteiger charge is 2.24. The fourth-order valence-corrected chi connectivity index (χ4v) is 4.34. The number of benzene rings is 1. The molecule has 1 N–H and O–H groups in total. The Morgan fingerprint density at radius 3 is 2.42 bits per heavy atom. The summed E-state index contributed by atoms with van der Waals surface area (Å²) in [5.41, 5.74) is 2.86. The van der Waals surface area contributed by atoms with E-state index in [1.54, 1.807) is 18.7 Å². The minimum Gasteiger partial charge on any atom is -0.353 e. The van der Waals surface area contributed by atoms with Crippen LogP contribution < -0.4 is 10.2 Å². The van der Waals surface area contributed by atoms with Gasteiger partial charge in [-0.25, -0.2) is 9.97 Å². The molecule has 2 amide bonds. The first-order valence-corrected chi connectivity index (χ1v) is 11.9. The normalized spacial score (nSPS) is 16.3. The summed E-state index contributed by atoms with van der Waals surface area (Å²) in [4.78, 5) is 37.3. The van der Waals surface area contributed by atoms with Crippen molar-refractivity contribution in [3.05, 3.63) is 47.2 Å². The molecule has 1 saturated carbocycles. The number of nitrogens with one attached hydrogen (secondary N) is 1. The molecule has 0 radical (unpaired) electrons. The van der Waals surface area contributed by atoms with Crippen LogP contribution >= 0.6 is 11.8 Å². The number of piperazine rings is 1. The lowest BCUT2D eigenvalue weighted by Crippen LogP contribution is -2.48. The van der Waals surface area contributed by atoms with E-state index in [0.717, 1.165) is 73.4 Å². The maximum absolute atomic E-state index is 12.1. The fraction of sp³-hybridized carbons (Fsp3) is 0.478. The van der Waals surface area contributed by atoms with Crippen LogP contribution in [0.2, 0.25) is 0 Å². The number of rotatable bonds is 7. The Labute approximate surface area is 187 Å². The average molecular weight is 440 g/mol. The molecule has 0 bridgehead atoms. The van der Waals surface area contributed by atoms with Gasteiger partial charge in [-0.3, -0.25) is 9.59 Å². The minimum absolute atomic E-state index is 0.00944. The van der Waals surface area contributed by atoms with Crippen LogP contribution in [-0.4, -0.2) is 58.9 Å². The van der Waals surface area contributed by atoms with Crippen LogP contribution in [0.4, 0.5) is 5.82 Å². The molecule has 8 heteroatoms. The molecule has 164 valence electrons. The molecule has 4 rings (SSSR count). The molecule has 2 aromatic rings. The van der Waals surface area contributed by atoms with Crippen LogP contribution in [0.1, 0.15) is 48.3 Å². The molecule has 1 aliphatic heterocycles. The first-order valence-electron chi connectivity index (χ1n) is 10.9. The summed E-state index contributed by atoms with van der Waals surface area (Å²) < 4.78 is 0. The van der Waals surface area contributed by atoms with Crippen LogP contribution in [0.15, 0.2) is 35.5 Å². The van der Waals surface area contributed by atoms with Gasteiger partial charge in [0, 0.05) is 62.2 Å². The highest BCUT2D eigenvalue weighted by Crippen LogP contribution is 2.24. The maximum Gasteiger partial charge on any atom is 0.251 e. The van der Waals surface area contributed by atoms with Gasteiger partial charge in [0.1, 0.15) is 5.82 Å². The lowest BCUT2D eigenvalue weighted by atomic mass is 10.1. The predicted molar refractivity (Wildman–Crippen MR) is 122 cm³/mol. The molecular weight excluding hydrogens is 410 g/mol. The van der Waals surface area contributed by atoms with Crippen LogP contribution in [0, 0.1) is 0 Å². The summed E-state index contributed by atoms with van der Waals surface area (Å²) in [5, 5.41) is 3.78. The summed E-state index contributed by atoms with van der Waals surface area (Å²) in [6.45, 7) is 6.74. The summed E-state index contributed by atoms with van der Waals surface area (Å²) in [7, 11) is 0. The number of carbonyl (C=O) groups is 2. The van der Waals surface area contributed by atoms with Gasteiger partial charge in [0.15, 0.2) is 5.16 Å². The molecule has 1 saturated heterocycles. The summed E-state index contributed by atoms with van der Waals surface area (Å²) in [5.74, 6) is 1.82. The van der Waals surface area contributed by atoms with Crippen molar-refractivity contribution in [2.45, 2.75) is 50.1 Å². The quantitative estimate of drug-likeness (QED) is 0.528. The Balaban J connectivity index is 1.38. The van der Waals surface area contributed by atoms with Crippen molar-refractivity contribution in [2.75, 3.05) is 31.1 Å². The Bertz CT molecular complexity index is 937. The molecule has 1 aromatic heterocycles. The number of aryl methyl sites for hydroxylation is 1. The first-order chi connectivity index (χ1) is 15.0. The van der Waals surface area contributed by atoms with E-state index >= 15 is 0 Å². The molecule has 2 fully saturated rings. The Morgan fingerprint density at radius 1 is 1.10 bits per heavy atom. The van der Waals surface area contributed by atoms with Gasteiger partial charge in [0.05, 0.1) is 0 Å². The number of hydrogen-bond donors (Lipinski definition) is 1. The van der Waals surface area contributed by atoms with Gasteiger partial charge in [-0.15, -0.1) is 0 Å². The topological polar surface area (TPSA) is 78.4 Å². The van der Waals surface area contributed by atoms with Crippen molar-refractivity contribution in [1.82, 2.24) is 20.2 Å². The van der Waals surface area contributed by atoms with Crippen molar-refractivity contribution >= 4 is 29.4 Å². The molecule has 7 nitrogen and oxygen atoms in total. The van der Waals surface area contributed by atoms with E-state index in [1.807, 2.05) is 29.2 Å². The van der Waals surface area contributed by atoms with E-state index in [0.29, 0.717) is 11.6 Å². The van der Waals surface area contributed by atoms with Gasteiger partial charge in [0.25, 0.3) is 5.91 Å². The number of aromatic nitrogens is 2. The van der Waals surface area contributed by atoms with Crippen molar-refractivity contribution < 1.29 is 9.59 Å². The van der Waals surface area contributed by atoms with Crippen molar-refractivity contribution in [1.29, 1.82) is 0 Å². The molecule has 0 spiro atoms. The van der Waals surface area contributed by atoms with E-state index in [9.17, 15) is 9.59 Å². The average Bonchev–Trinajstić information content (AvgIpc) is 3.61. The monoisotopic (exact) mass is 439 g/mol. The summed E-state index contributed by atoms with van der Waals surface area (Å²) >= 11 is 1.61. The molecule has 0 atom stereocenters. The lowest BCUT2D eigenvalue weighted by Gasteiger charge is -2.35. The third kappa shape index (κ3) is 5.76. The highest BCUT2D eigenvalue weighted by atomic mass is 32.2. The Hall–Kier alpha value is -2.61. The fourth-order valence-electron chi connectivity index (χ4n) is 3.51. The van der Waals surface area contributed by atoms with E-state index in [4.69, 9.17) is 4.98 Å². The number of anilines is 1. The number of nitrogens with zero attached hydrogens (tertiary/aromatic N) is 4. The van der Waals surface area contributed by atoms with Gasteiger partial charge in [0.2, 0.25) is 5.91 Å². The zero-order valence-corrected chi connectivity index (χ0v) is 19.0. The van der Waals surface area contributed by atoms with Crippen LogP contribution in [0.5, 0.6) is 0 Å². The lowest BCUT2D eigenvalue weighted by molar-refractivity contribution is -0.129. The smallest absolute Gasteiger partial charge is 0.251 e. The van der Waals surface area contributed by atoms with Crippen LogP contribution in [-0.2, 0) is 17.0 Å². The molecular formula is C23H29N5O2S. The number of thioether (sulfide) groups is 1. The Kier molecular flexibility index (Phi) is 6.75. The van der Waals surface area contributed by atoms with E-state index < -0.39 is 0 Å². The highest BCUT2D eigenvalue weighted by molar-refractivity contribution is 7.98. The summed E-state index contributed by atoms with van der Waals surface area (Å²) in [6.07, 6.45) is 3.03. The SMILES string of the molecule is CCc1cc(N2CCN(C(C)=O)CC2)nc(SCc2ccc(C(=O)NC3CC3)cc2)n1. The standard InChI is InChI=1S/C23H29N5O2S/c1-3-19-14-21(28-12-10-27(11-13-28)16(2)29)26-23(25-19)31-15-17-4-6-18(7-5-17)22(30)24-20-8-9-20/h4-7,14,20H,3,8-13,15H2,1-2H3,(H,24,30). The van der Waals surface area contributed by atoms with Crippen LogP contribution in [0.3, 0.4) is 0 Å². The van der Waals surface area contributed by atoms with E-state index in [2.05, 4.69) is 28.2 Å². The Morgan fingerprint density at radius 2 is 1.81 bits per heavy atom. The van der Waals surface area contributed by atoms with Crippen molar-refractivity contribution in [3.8, 4) is 0 Å². The number of hydrogen-bond acceptors (Lipinski definition) is 6. The molecule has 31 heavy (non-hydrogen) atoms. The summed E-state index contributed by atoms with van der Waals surface area (Å²) in [6, 6.07) is 10.2. The zero-order chi connectivity index (χ0) is 21.8. The second-order valence-electron chi connectivity index (χ2n) is 8.08. The van der Waals surface area contributed by atoms with E-state index in [1.165, 1.54) is 0 Å². The van der Waals surface area contributed by atoms with Gasteiger partial charge in [-0.1, -0.05) is 30.8 Å². The second-order valence-corrected chi connectivity index (χ2v) is 9.02. The maximum atomic E-state index is 12.1. The van der Waals surface area contributed by atoms with Crippen molar-refractivity contribution in [3.63, 3.8) is 0 Å². The number of carbonyl (C=O) groups excluding carboxylic acids is 2. The third-order valence-electron chi connectivity index (χ3n) is 5.65. The van der Waals surface area contributed by atoms with Gasteiger partial charge in [-0.2, -0.15) is 0 Å². The first kappa shape index (κ1) is 21.6. The van der Waals surface area contributed by atoms with E-state index in [-0.39, 0.29) is 11.8 Å². The minimum atomic E-state index is 0.00944. The molecule has 1 aliphatic carbocycles. The predicted octanol–water partition coefficient (Wildman–Crippen LogP) is 2.89. The van der Waals surface area contributed by atoms with Gasteiger partial charge >= 0.3 is 0 Å². The molecule has 2 heterocycles. The molecule has 2 aliphatic rings. The zero-order valence-electron chi connectivity index (χ0n) is 18.1. The second kappa shape index (κ2) is 9.68. The van der Waals surface area contributed by atoms with Crippen LogP contribution in [0.25, 0.3) is 0 Å².